The van der Waals surface area contributed by atoms with E-state index in [0.717, 1.165) is 32.1 Å². The topological polar surface area (TPSA) is 92.3 Å². The molecule has 0 fully saturated rings. The fourth-order valence-corrected chi connectivity index (χ4v) is 4.40. The molecule has 0 aliphatic rings. The van der Waals surface area contributed by atoms with Crippen molar-refractivity contribution in [3.63, 3.8) is 0 Å². The van der Waals surface area contributed by atoms with Crippen LogP contribution < -0.4 is 10.6 Å². The van der Waals surface area contributed by atoms with Gasteiger partial charge in [-0.1, -0.05) is 41.5 Å². The maximum absolute atomic E-state index is 12.3. The van der Waals surface area contributed by atoms with Crippen LogP contribution in [0.2, 0.25) is 0 Å². The lowest BCUT2D eigenvalue weighted by atomic mass is 9.78. The van der Waals surface area contributed by atoms with Gasteiger partial charge in [0.05, 0.1) is 0 Å². The van der Waals surface area contributed by atoms with E-state index in [9.17, 15) is 19.2 Å². The van der Waals surface area contributed by atoms with Gasteiger partial charge in [0.15, 0.2) is 0 Å². The van der Waals surface area contributed by atoms with Crippen LogP contribution in [0.3, 0.4) is 0 Å². The van der Waals surface area contributed by atoms with Crippen LogP contribution in [0.4, 0.5) is 0 Å². The highest BCUT2D eigenvalue weighted by molar-refractivity contribution is 6.36. The van der Waals surface area contributed by atoms with E-state index in [2.05, 4.69) is 52.2 Å². The summed E-state index contributed by atoms with van der Waals surface area (Å²) < 4.78 is 0. The van der Waals surface area contributed by atoms with Crippen molar-refractivity contribution in [2.75, 3.05) is 13.1 Å². The number of ketones is 2. The minimum Gasteiger partial charge on any atom is -0.356 e. The summed E-state index contributed by atoms with van der Waals surface area (Å²) in [4.78, 5) is 46.7. The number of hydrogen-bond donors (Lipinski definition) is 2. The van der Waals surface area contributed by atoms with Gasteiger partial charge in [-0.25, -0.2) is 0 Å². The summed E-state index contributed by atoms with van der Waals surface area (Å²) in [5, 5.41) is 5.60. The summed E-state index contributed by atoms with van der Waals surface area (Å²) in [7, 11) is 0. The summed E-state index contributed by atoms with van der Waals surface area (Å²) in [6, 6.07) is 0. The molecule has 0 spiro atoms. The van der Waals surface area contributed by atoms with Gasteiger partial charge >= 0.3 is 0 Å². The molecule has 6 nitrogen and oxygen atoms in total. The maximum Gasteiger partial charge on any atom is 0.287 e. The van der Waals surface area contributed by atoms with Gasteiger partial charge in [-0.05, 0) is 68.1 Å². The Hall–Kier alpha value is -1.72. The third-order valence-corrected chi connectivity index (χ3v) is 6.17. The number of rotatable bonds is 17. The Balaban J connectivity index is 4.23. The Bertz CT molecular complexity index is 625. The zero-order chi connectivity index (χ0) is 24.9. The van der Waals surface area contributed by atoms with Crippen LogP contribution >= 0.6 is 0 Å². The monoisotopic (exact) mass is 452 g/mol. The standard InChI is InChI=1S/C26H48N2O4/c1-19(11-15-27-22(4)30)18-26(7,8)14-10-23(31)24(32)28-16-12-20(2)17-25(5,6)13-9-21(3)29/h19-20H,9-18H2,1-8H3,(H,27,30)(H,28,32). The van der Waals surface area contributed by atoms with Crippen molar-refractivity contribution in [1.82, 2.24) is 10.6 Å². The van der Waals surface area contributed by atoms with E-state index >= 15 is 0 Å². The van der Waals surface area contributed by atoms with Gasteiger partial charge in [0.1, 0.15) is 5.78 Å². The molecule has 0 heterocycles. The Labute approximate surface area is 196 Å². The number of nitrogens with one attached hydrogen (secondary N) is 2. The zero-order valence-electron chi connectivity index (χ0n) is 21.9. The number of amides is 2. The second-order valence-electron chi connectivity index (χ2n) is 11.4. The van der Waals surface area contributed by atoms with Gasteiger partial charge in [0, 0.05) is 32.9 Å². The molecule has 186 valence electrons. The summed E-state index contributed by atoms with van der Waals surface area (Å²) in [5.74, 6) is 0.214. The van der Waals surface area contributed by atoms with E-state index in [4.69, 9.17) is 0 Å². The van der Waals surface area contributed by atoms with Crippen LogP contribution in [0, 0.1) is 22.7 Å². The molecular formula is C26H48N2O4. The molecule has 0 aliphatic heterocycles. The maximum atomic E-state index is 12.3. The molecule has 0 radical (unpaired) electrons. The van der Waals surface area contributed by atoms with Gasteiger partial charge in [0.25, 0.3) is 5.91 Å². The first-order chi connectivity index (χ1) is 14.6. The van der Waals surface area contributed by atoms with E-state index < -0.39 is 5.91 Å². The highest BCUT2D eigenvalue weighted by atomic mass is 16.2. The van der Waals surface area contributed by atoms with Crippen molar-refractivity contribution < 1.29 is 19.2 Å². The van der Waals surface area contributed by atoms with Gasteiger partial charge < -0.3 is 15.4 Å². The van der Waals surface area contributed by atoms with Crippen LogP contribution in [-0.4, -0.2) is 36.5 Å². The molecule has 0 saturated carbocycles. The molecule has 6 heteroatoms. The van der Waals surface area contributed by atoms with E-state index in [-0.39, 0.29) is 34.7 Å². The lowest BCUT2D eigenvalue weighted by molar-refractivity contribution is -0.138. The first kappa shape index (κ1) is 30.3. The predicted molar refractivity (Wildman–Crippen MR) is 130 cm³/mol. The van der Waals surface area contributed by atoms with Crippen LogP contribution in [0.5, 0.6) is 0 Å². The smallest absolute Gasteiger partial charge is 0.287 e. The highest BCUT2D eigenvalue weighted by Crippen LogP contribution is 2.32. The van der Waals surface area contributed by atoms with Crippen LogP contribution in [0.15, 0.2) is 0 Å². The molecule has 0 aromatic carbocycles. The van der Waals surface area contributed by atoms with Crippen LogP contribution in [0.1, 0.15) is 107 Å². The molecule has 2 unspecified atom stereocenters. The van der Waals surface area contributed by atoms with Gasteiger partial charge in [-0.15, -0.1) is 0 Å². The largest absolute Gasteiger partial charge is 0.356 e. The molecule has 2 amide bonds. The second kappa shape index (κ2) is 14.4. The van der Waals surface area contributed by atoms with Crippen molar-refractivity contribution in [2.24, 2.45) is 22.7 Å². The zero-order valence-corrected chi connectivity index (χ0v) is 21.9. The minimum absolute atomic E-state index is 0.0147. The fourth-order valence-electron chi connectivity index (χ4n) is 4.40. The van der Waals surface area contributed by atoms with Crippen molar-refractivity contribution >= 4 is 23.4 Å². The quantitative estimate of drug-likeness (QED) is 0.309. The number of Topliss-reactive ketones (excluding diaryl/α,β-unsaturated/α-hetero) is 2. The Kier molecular flexibility index (Phi) is 13.7. The number of carbonyl (C=O) groups is 4. The lowest BCUT2D eigenvalue weighted by Crippen LogP contribution is -2.33. The van der Waals surface area contributed by atoms with E-state index in [1.807, 2.05) is 0 Å². The van der Waals surface area contributed by atoms with E-state index in [0.29, 0.717) is 37.8 Å². The first-order valence-corrected chi connectivity index (χ1v) is 12.2. The van der Waals surface area contributed by atoms with E-state index in [1.165, 1.54) is 6.92 Å². The van der Waals surface area contributed by atoms with Crippen LogP contribution in [0.25, 0.3) is 0 Å². The normalized spacial score (nSPS) is 13.9. The van der Waals surface area contributed by atoms with Gasteiger partial charge in [0.2, 0.25) is 11.7 Å². The average Bonchev–Trinajstić information content (AvgIpc) is 2.63. The summed E-state index contributed by atoms with van der Waals surface area (Å²) >= 11 is 0. The first-order valence-electron chi connectivity index (χ1n) is 12.2. The molecule has 0 aromatic heterocycles. The average molecular weight is 453 g/mol. The fraction of sp³-hybridized carbons (Fsp3) is 0.846. The third-order valence-electron chi connectivity index (χ3n) is 6.17. The molecule has 0 aliphatic carbocycles. The summed E-state index contributed by atoms with van der Waals surface area (Å²) in [6.45, 7) is 17.2. The lowest BCUT2D eigenvalue weighted by Gasteiger charge is -2.28. The van der Waals surface area contributed by atoms with Crippen LogP contribution in [-0.2, 0) is 19.2 Å². The Morgan fingerprint density at radius 3 is 1.59 bits per heavy atom. The van der Waals surface area contributed by atoms with Gasteiger partial charge in [-0.2, -0.15) is 0 Å². The highest BCUT2D eigenvalue weighted by Gasteiger charge is 2.25. The predicted octanol–water partition coefficient (Wildman–Crippen LogP) is 4.84. The molecule has 32 heavy (non-hydrogen) atoms. The minimum atomic E-state index is -0.484. The van der Waals surface area contributed by atoms with Crippen molar-refractivity contribution in [2.45, 2.75) is 107 Å². The Morgan fingerprint density at radius 1 is 0.719 bits per heavy atom. The molecule has 0 aromatic rings. The van der Waals surface area contributed by atoms with Gasteiger partial charge in [-0.3, -0.25) is 14.4 Å². The summed E-state index contributed by atoms with van der Waals surface area (Å²) in [5.41, 5.74) is 0.0569. The SMILES string of the molecule is CC(=O)CCC(C)(C)CC(C)CCNC(=O)C(=O)CCC(C)(C)CC(C)CCNC(C)=O. The van der Waals surface area contributed by atoms with Crippen molar-refractivity contribution in [3.05, 3.63) is 0 Å². The molecular weight excluding hydrogens is 404 g/mol. The number of carbonyl (C=O) groups excluding carboxylic acids is 4. The molecule has 2 N–H and O–H groups in total. The van der Waals surface area contributed by atoms with Crippen molar-refractivity contribution in [3.8, 4) is 0 Å². The molecule has 0 rings (SSSR count). The Morgan fingerprint density at radius 2 is 1.16 bits per heavy atom. The molecule has 2 atom stereocenters. The van der Waals surface area contributed by atoms with E-state index in [1.54, 1.807) is 6.92 Å². The summed E-state index contributed by atoms with van der Waals surface area (Å²) in [6.07, 6.45) is 6.06. The second-order valence-corrected chi connectivity index (χ2v) is 11.4. The third kappa shape index (κ3) is 16.0. The van der Waals surface area contributed by atoms with Crippen molar-refractivity contribution in [1.29, 1.82) is 0 Å². The molecule has 0 saturated heterocycles. The number of hydrogen-bond acceptors (Lipinski definition) is 4. The molecule has 0 bridgehead atoms.